The predicted octanol–water partition coefficient (Wildman–Crippen LogP) is 1.24. The molecule has 0 aromatic heterocycles. The van der Waals surface area contributed by atoms with Gasteiger partial charge in [-0.15, -0.1) is 0 Å². The van der Waals surface area contributed by atoms with Crippen LogP contribution in [-0.4, -0.2) is 36.4 Å². The number of hydrogen-bond acceptors (Lipinski definition) is 2. The normalized spacial score (nSPS) is 15.0. The van der Waals surface area contributed by atoms with Gasteiger partial charge in [-0.25, -0.2) is 0 Å². The standard InChI is InChI=1S/2C10H15NO.CH4/c2*1-8(11-2)10(12)9-6-4-3-5-7-9;/h2*3-8,10-12H,1-2H3;1H4/p+2/t2*8-,10-;/m00./s1. The summed E-state index contributed by atoms with van der Waals surface area (Å²) < 4.78 is 0. The number of benzene rings is 2. The Hall–Kier alpha value is -1.72. The minimum atomic E-state index is -0.365. The van der Waals surface area contributed by atoms with E-state index in [4.69, 9.17) is 0 Å². The molecule has 0 aliphatic rings. The molecule has 2 rings (SSSR count). The molecular weight excluding hydrogens is 312 g/mol. The second-order valence-corrected chi connectivity index (χ2v) is 6.10. The summed E-state index contributed by atoms with van der Waals surface area (Å²) in [7, 11) is 3.94. The SMILES string of the molecule is C.C[NH2+][C@@H](C)[C@H](O)c1ccccc1.C[NH2+][C@@H](C)[C@H](O)c1ccccc1. The van der Waals surface area contributed by atoms with Crippen LogP contribution >= 0.6 is 0 Å². The number of hydrogen-bond donors (Lipinski definition) is 4. The van der Waals surface area contributed by atoms with Crippen LogP contribution in [0.25, 0.3) is 0 Å². The Morgan fingerprint density at radius 3 is 1.16 bits per heavy atom. The van der Waals surface area contributed by atoms with Gasteiger partial charge in [0, 0.05) is 0 Å². The molecule has 0 aliphatic heterocycles. The molecule has 0 radical (unpaired) electrons. The first-order valence-electron chi connectivity index (χ1n) is 8.56. The number of aliphatic hydroxyl groups excluding tert-OH is 2. The summed E-state index contributed by atoms with van der Waals surface area (Å²) in [6, 6.07) is 19.9. The molecule has 0 spiro atoms. The van der Waals surface area contributed by atoms with Crippen LogP contribution in [0.2, 0.25) is 0 Å². The zero-order valence-corrected chi connectivity index (χ0v) is 15.1. The van der Waals surface area contributed by atoms with Crippen molar-refractivity contribution in [2.45, 2.75) is 45.6 Å². The average Bonchev–Trinajstić information content (AvgIpc) is 2.67. The molecule has 0 bridgehead atoms. The lowest BCUT2D eigenvalue weighted by Crippen LogP contribution is -2.86. The lowest BCUT2D eigenvalue weighted by molar-refractivity contribution is -0.669. The third kappa shape index (κ3) is 7.80. The Morgan fingerprint density at radius 1 is 0.640 bits per heavy atom. The maximum Gasteiger partial charge on any atom is 0.130 e. The van der Waals surface area contributed by atoms with E-state index in [0.29, 0.717) is 0 Å². The van der Waals surface area contributed by atoms with E-state index in [-0.39, 0.29) is 31.7 Å². The molecule has 2 aromatic carbocycles. The lowest BCUT2D eigenvalue weighted by atomic mass is 10.0. The van der Waals surface area contributed by atoms with Gasteiger partial charge >= 0.3 is 0 Å². The van der Waals surface area contributed by atoms with E-state index in [2.05, 4.69) is 0 Å². The van der Waals surface area contributed by atoms with Gasteiger partial charge < -0.3 is 20.8 Å². The highest BCUT2D eigenvalue weighted by molar-refractivity contribution is 5.18. The quantitative estimate of drug-likeness (QED) is 0.634. The van der Waals surface area contributed by atoms with Gasteiger partial charge in [-0.2, -0.15) is 0 Å². The predicted molar refractivity (Wildman–Crippen MR) is 104 cm³/mol. The van der Waals surface area contributed by atoms with Gasteiger partial charge in [0.05, 0.1) is 14.1 Å². The second kappa shape index (κ2) is 12.6. The van der Waals surface area contributed by atoms with Crippen LogP contribution in [0.3, 0.4) is 0 Å². The molecule has 0 saturated carbocycles. The number of likely N-dealkylation sites (N-methyl/N-ethyl adjacent to an activating group) is 2. The molecular formula is C21H36N2O2+2. The van der Waals surface area contributed by atoms with E-state index in [9.17, 15) is 10.2 Å². The van der Waals surface area contributed by atoms with E-state index in [1.54, 1.807) is 0 Å². The highest BCUT2D eigenvalue weighted by atomic mass is 16.3. The molecule has 4 heteroatoms. The molecule has 6 N–H and O–H groups in total. The van der Waals surface area contributed by atoms with Crippen LogP contribution < -0.4 is 10.6 Å². The smallest absolute Gasteiger partial charge is 0.130 e. The zero-order chi connectivity index (χ0) is 17.9. The third-order valence-corrected chi connectivity index (χ3v) is 4.33. The van der Waals surface area contributed by atoms with Gasteiger partial charge in [-0.1, -0.05) is 68.1 Å². The van der Waals surface area contributed by atoms with Gasteiger partial charge in [-0.05, 0) is 25.0 Å². The van der Waals surface area contributed by atoms with Crippen molar-refractivity contribution in [2.75, 3.05) is 14.1 Å². The van der Waals surface area contributed by atoms with Crippen LogP contribution in [0.15, 0.2) is 60.7 Å². The zero-order valence-electron chi connectivity index (χ0n) is 15.1. The van der Waals surface area contributed by atoms with Gasteiger partial charge in [0.1, 0.15) is 24.3 Å². The molecule has 0 amide bonds. The molecule has 0 unspecified atom stereocenters. The first kappa shape index (κ1) is 23.3. The van der Waals surface area contributed by atoms with Crippen molar-refractivity contribution in [3.63, 3.8) is 0 Å². The van der Waals surface area contributed by atoms with Crippen molar-refractivity contribution in [1.29, 1.82) is 0 Å². The summed E-state index contributed by atoms with van der Waals surface area (Å²) >= 11 is 0. The molecule has 4 atom stereocenters. The van der Waals surface area contributed by atoms with Crippen LogP contribution in [0.4, 0.5) is 0 Å². The third-order valence-electron chi connectivity index (χ3n) is 4.33. The lowest BCUT2D eigenvalue weighted by Gasteiger charge is -2.15. The monoisotopic (exact) mass is 348 g/mol. The summed E-state index contributed by atoms with van der Waals surface area (Å²) in [5.41, 5.74) is 1.98. The largest absolute Gasteiger partial charge is 0.382 e. The fraction of sp³-hybridized carbons (Fsp3) is 0.429. The van der Waals surface area contributed by atoms with Crippen molar-refractivity contribution >= 4 is 0 Å². The summed E-state index contributed by atoms with van der Waals surface area (Å²) in [6.07, 6.45) is -0.729. The molecule has 0 saturated heterocycles. The summed E-state index contributed by atoms with van der Waals surface area (Å²) in [5, 5.41) is 23.5. The van der Waals surface area contributed by atoms with Crippen molar-refractivity contribution in [1.82, 2.24) is 0 Å². The molecule has 0 aliphatic carbocycles. The van der Waals surface area contributed by atoms with Crippen LogP contribution in [0, 0.1) is 0 Å². The number of aliphatic hydroxyl groups is 2. The van der Waals surface area contributed by atoms with E-state index in [1.807, 2.05) is 99.2 Å². The minimum absolute atomic E-state index is 0. The summed E-state index contributed by atoms with van der Waals surface area (Å²) in [5.74, 6) is 0. The Labute approximate surface area is 152 Å². The van der Waals surface area contributed by atoms with Crippen molar-refractivity contribution < 1.29 is 20.8 Å². The van der Waals surface area contributed by atoms with Gasteiger partial charge in [0.2, 0.25) is 0 Å². The maximum atomic E-state index is 9.76. The first-order chi connectivity index (χ1) is 11.5. The fourth-order valence-corrected chi connectivity index (χ4v) is 2.27. The maximum absolute atomic E-state index is 9.76. The number of rotatable bonds is 6. The molecule has 4 nitrogen and oxygen atoms in total. The van der Waals surface area contributed by atoms with Gasteiger partial charge in [0.25, 0.3) is 0 Å². The van der Waals surface area contributed by atoms with Crippen molar-refractivity contribution in [3.8, 4) is 0 Å². The highest BCUT2D eigenvalue weighted by Gasteiger charge is 2.17. The van der Waals surface area contributed by atoms with Crippen LogP contribution in [0.5, 0.6) is 0 Å². The Kier molecular flexibility index (Phi) is 11.7. The topological polar surface area (TPSA) is 73.7 Å². The van der Waals surface area contributed by atoms with Crippen molar-refractivity contribution in [2.24, 2.45) is 0 Å². The van der Waals surface area contributed by atoms with Crippen LogP contribution in [0.1, 0.15) is 44.6 Å². The minimum Gasteiger partial charge on any atom is -0.382 e. The number of quaternary nitrogens is 2. The van der Waals surface area contributed by atoms with E-state index < -0.39 is 0 Å². The van der Waals surface area contributed by atoms with Gasteiger partial charge in [0.15, 0.2) is 0 Å². The second-order valence-electron chi connectivity index (χ2n) is 6.10. The van der Waals surface area contributed by atoms with Gasteiger partial charge in [-0.3, -0.25) is 0 Å². The Morgan fingerprint density at radius 2 is 0.920 bits per heavy atom. The Bertz CT molecular complexity index is 497. The molecule has 0 heterocycles. The summed E-state index contributed by atoms with van der Waals surface area (Å²) in [6.45, 7) is 4.02. The number of nitrogens with two attached hydrogens (primary N) is 2. The van der Waals surface area contributed by atoms with Crippen molar-refractivity contribution in [3.05, 3.63) is 71.8 Å². The molecule has 0 fully saturated rings. The molecule has 2 aromatic rings. The van der Waals surface area contributed by atoms with E-state index in [1.165, 1.54) is 0 Å². The molecule has 140 valence electrons. The fourth-order valence-electron chi connectivity index (χ4n) is 2.27. The van der Waals surface area contributed by atoms with E-state index in [0.717, 1.165) is 11.1 Å². The summed E-state index contributed by atoms with van der Waals surface area (Å²) in [4.78, 5) is 0. The highest BCUT2D eigenvalue weighted by Crippen LogP contribution is 2.14. The van der Waals surface area contributed by atoms with E-state index >= 15 is 0 Å². The Balaban J connectivity index is 0.000000443. The molecule has 25 heavy (non-hydrogen) atoms. The first-order valence-corrected chi connectivity index (χ1v) is 8.56. The van der Waals surface area contributed by atoms with Crippen LogP contribution in [-0.2, 0) is 0 Å². The average molecular weight is 349 g/mol.